The lowest BCUT2D eigenvalue weighted by atomic mass is 10.00. The number of carbonyl (C=O) groups excluding carboxylic acids is 3. The lowest BCUT2D eigenvalue weighted by Crippen LogP contribution is -2.54. The third kappa shape index (κ3) is 18.0. The molecule has 138 heavy (non-hydrogen) atoms. The molecule has 12 heterocycles. The Morgan fingerprint density at radius 2 is 0.638 bits per heavy atom. The minimum atomic E-state index is -0.868. The second-order valence-corrected chi connectivity index (χ2v) is 38.2. The van der Waals surface area contributed by atoms with Gasteiger partial charge in [0.25, 0.3) is 16.7 Å². The number of aryl methyl sites for hydroxylation is 3. The number of halogens is 12. The van der Waals surface area contributed by atoms with Gasteiger partial charge in [-0.2, -0.15) is 15.8 Å². The number of amides is 3. The number of nitrogens with zero attached hydrogens (tertiary/aromatic N) is 18. The quantitative estimate of drug-likeness (QED) is 0.0487. The maximum atomic E-state index is 14.8. The highest BCUT2D eigenvalue weighted by atomic mass is 35.5. The first-order valence-electron chi connectivity index (χ1n) is 43.5. The van der Waals surface area contributed by atoms with E-state index in [1.54, 1.807) is 90.5 Å². The molecular weight excluding hydrogens is 1960 g/mol. The molecule has 12 aromatic rings. The first-order chi connectivity index (χ1) is 65.2. The minimum Gasteiger partial charge on any atom is -0.397 e. The van der Waals surface area contributed by atoms with E-state index in [4.69, 9.17) is 137 Å². The predicted octanol–water partition coefficient (Wildman–Crippen LogP) is 20.9. The second-order valence-electron chi connectivity index (χ2n) is 34.7. The number of nitrogen functional groups attached to an aromatic ring is 3. The number of benzene rings is 3. The summed E-state index contributed by atoms with van der Waals surface area (Å²) in [5.41, 5.74) is 25.2. The molecule has 9 aromatic heterocycles. The molecule has 0 saturated carbocycles. The fourth-order valence-corrected chi connectivity index (χ4v) is 20.2. The van der Waals surface area contributed by atoms with Crippen molar-refractivity contribution in [3.8, 4) is 69.0 Å². The van der Waals surface area contributed by atoms with E-state index in [9.17, 15) is 57.7 Å². The van der Waals surface area contributed by atoms with Crippen LogP contribution in [0, 0.1) is 93.0 Å². The number of carbonyl (C=O) groups is 3. The van der Waals surface area contributed by atoms with Crippen LogP contribution in [0.4, 0.5) is 47.3 Å². The molecule has 39 heteroatoms. The number of piperazine rings is 3. The van der Waals surface area contributed by atoms with Gasteiger partial charge in [-0.05, 0) is 168 Å². The van der Waals surface area contributed by atoms with Crippen LogP contribution in [-0.4, -0.2) is 153 Å². The number of aromatic nitrogens is 9. The van der Waals surface area contributed by atoms with Crippen molar-refractivity contribution in [2.75, 3.05) is 90.8 Å². The summed E-state index contributed by atoms with van der Waals surface area (Å²) < 4.78 is 48.4. The third-order valence-corrected chi connectivity index (χ3v) is 28.4. The molecule has 3 aromatic carbocycles. The highest BCUT2D eigenvalue weighted by molar-refractivity contribution is 6.41. The molecule has 0 unspecified atom stereocenters. The van der Waals surface area contributed by atoms with Crippen molar-refractivity contribution < 1.29 is 27.6 Å². The molecule has 3 aliphatic heterocycles. The van der Waals surface area contributed by atoms with Crippen molar-refractivity contribution in [1.82, 2.24) is 58.3 Å². The van der Waals surface area contributed by atoms with Gasteiger partial charge in [0.15, 0.2) is 17.5 Å². The molecule has 3 aliphatic rings. The third-order valence-electron chi connectivity index (χ3n) is 25.0. The molecule has 0 bridgehead atoms. The Balaban J connectivity index is 0.000000175. The van der Waals surface area contributed by atoms with Crippen LogP contribution in [0.25, 0.3) is 83.9 Å². The average Bonchev–Trinajstić information content (AvgIpc) is 0.726. The number of fused-ring (bicyclic) bond motifs is 3. The zero-order chi connectivity index (χ0) is 101. The van der Waals surface area contributed by atoms with Crippen LogP contribution < -0.4 is 48.6 Å². The molecule has 3 amide bonds. The zero-order valence-electron chi connectivity index (χ0n) is 77.6. The van der Waals surface area contributed by atoms with Gasteiger partial charge in [-0.15, -0.1) is 0 Å². The average molecular weight is 2050 g/mol. The maximum absolute atomic E-state index is 14.8. The molecular formula is C99H93Cl9F3N21O6. The van der Waals surface area contributed by atoms with E-state index in [1.165, 1.54) is 31.9 Å². The van der Waals surface area contributed by atoms with E-state index in [0.29, 0.717) is 126 Å². The smallest absolute Gasteiger partial charge is 0.276 e. The highest BCUT2D eigenvalue weighted by Crippen LogP contribution is 2.50. The highest BCUT2D eigenvalue weighted by Gasteiger charge is 2.39. The first kappa shape index (κ1) is 103. The van der Waals surface area contributed by atoms with Gasteiger partial charge >= 0.3 is 0 Å². The van der Waals surface area contributed by atoms with Crippen LogP contribution >= 0.6 is 104 Å². The van der Waals surface area contributed by atoms with Crippen molar-refractivity contribution in [3.63, 3.8) is 0 Å². The van der Waals surface area contributed by atoms with Gasteiger partial charge in [-0.1, -0.05) is 166 Å². The van der Waals surface area contributed by atoms with Gasteiger partial charge in [-0.25, -0.2) is 28.1 Å². The van der Waals surface area contributed by atoms with Crippen LogP contribution in [0.1, 0.15) is 147 Å². The summed E-state index contributed by atoms with van der Waals surface area (Å²) in [6.45, 7) is 41.3. The second kappa shape index (κ2) is 40.9. The van der Waals surface area contributed by atoms with Crippen molar-refractivity contribution in [1.29, 1.82) is 15.8 Å². The van der Waals surface area contributed by atoms with Gasteiger partial charge in [0, 0.05) is 128 Å². The van der Waals surface area contributed by atoms with Gasteiger partial charge in [0.1, 0.15) is 66.9 Å². The monoisotopic (exact) mass is 2040 g/mol. The molecule has 0 radical (unpaired) electrons. The van der Waals surface area contributed by atoms with Gasteiger partial charge < -0.3 is 46.6 Å². The molecule has 0 aliphatic carbocycles. The fraction of sp³-hybridized carbons (Fsp3) is 0.303. The fourth-order valence-electron chi connectivity index (χ4n) is 18.2. The normalized spacial score (nSPS) is 15.0. The molecule has 6 N–H and O–H groups in total. The van der Waals surface area contributed by atoms with Gasteiger partial charge in [0.05, 0.1) is 115 Å². The van der Waals surface area contributed by atoms with Crippen molar-refractivity contribution in [3.05, 3.63) is 254 Å². The first-order valence-corrected chi connectivity index (χ1v) is 46.9. The van der Waals surface area contributed by atoms with Gasteiger partial charge in [0.2, 0.25) is 17.7 Å². The standard InChI is InChI=1S/3C33H31Cl3FN7O2/c3*1-7-22(45)43-11-10-42(14-17(43)5)31-19-12-21(34)29(23-18(6)24(35)26(37)25(36)27(23)39)41-32(19)44(33(46)20(31)13-38)30-16(4)8-9-40-28(30)15(2)3/h3*7-9,12,15,17H,1,10-11,14,39H2,2-6H3/t3*17-/m111/s1. The zero-order valence-corrected chi connectivity index (χ0v) is 84.4. The largest absolute Gasteiger partial charge is 0.397 e. The minimum absolute atomic E-state index is 0.0993. The van der Waals surface area contributed by atoms with E-state index >= 15 is 0 Å². The molecule has 0 spiro atoms. The lowest BCUT2D eigenvalue weighted by molar-refractivity contribution is -0.129. The lowest BCUT2D eigenvalue weighted by Gasteiger charge is -2.41. The predicted molar refractivity (Wildman–Crippen MR) is 546 cm³/mol. The van der Waals surface area contributed by atoms with E-state index < -0.39 is 34.1 Å². The molecule has 3 fully saturated rings. The SMILES string of the molecule is C=CC(=O)N1CCN(c2c(C#N)c(=O)n(-c3c(C)ccnc3C(C)C)c3nc(-c4c(C)c(Cl)c(F)c(Cl)c4N)c(Cl)cc23)C[C@H]1C.C=CC(=O)N1CCN(c2c(C#N)c(=O)n(-c3c(C)ccnc3C(C)C)c3nc(-c4c(C)c(Cl)c(F)c(Cl)c4N)c(Cl)cc23)C[C@H]1C.C=CC(=O)N1CCN(c2c(C#N)c(=O)n(-c3c(C)ccnc3C(C)C)c3nc(-c4c(C)c(Cl)c(F)c(Cl)c4N)c(Cl)cc23)C[C@H]1C. The maximum Gasteiger partial charge on any atom is 0.276 e. The number of hydrogen-bond acceptors (Lipinski definition) is 21. The van der Waals surface area contributed by atoms with E-state index in [-0.39, 0.29) is 200 Å². The Morgan fingerprint density at radius 1 is 0.406 bits per heavy atom. The number of anilines is 6. The molecule has 27 nitrogen and oxygen atoms in total. The summed E-state index contributed by atoms with van der Waals surface area (Å²) in [6.07, 6.45) is 8.77. The topological polar surface area (TPSA) is 363 Å². The summed E-state index contributed by atoms with van der Waals surface area (Å²) in [5, 5.41) is 31.2. The Hall–Kier alpha value is -12.5. The summed E-state index contributed by atoms with van der Waals surface area (Å²) >= 11 is 58.4. The number of nitriles is 3. The molecule has 3 saturated heterocycles. The number of hydrogen-bond donors (Lipinski definition) is 3. The van der Waals surface area contributed by atoms with Gasteiger partial charge in [-0.3, -0.25) is 57.4 Å². The summed E-state index contributed by atoms with van der Waals surface area (Å²) in [4.78, 5) is 120. The summed E-state index contributed by atoms with van der Waals surface area (Å²) in [5.74, 6) is -3.53. The van der Waals surface area contributed by atoms with Crippen LogP contribution in [-0.2, 0) is 14.4 Å². The van der Waals surface area contributed by atoms with Crippen LogP contribution in [0.3, 0.4) is 0 Å². The van der Waals surface area contributed by atoms with E-state index in [1.807, 2.05) is 97.8 Å². The molecule has 714 valence electrons. The Morgan fingerprint density at radius 3 is 0.841 bits per heavy atom. The van der Waals surface area contributed by atoms with Crippen molar-refractivity contribution in [2.45, 2.75) is 140 Å². The number of rotatable bonds is 15. The Kier molecular flexibility index (Phi) is 30.5. The Labute approximate surface area is 838 Å². The summed E-state index contributed by atoms with van der Waals surface area (Å²) in [7, 11) is 0. The number of nitrogens with two attached hydrogens (primary N) is 3. The molecule has 15 rings (SSSR count). The molecule has 3 atom stereocenters. The van der Waals surface area contributed by atoms with Crippen LogP contribution in [0.15, 0.2) is 107 Å². The van der Waals surface area contributed by atoms with Crippen LogP contribution in [0.2, 0.25) is 45.2 Å². The van der Waals surface area contributed by atoms with Crippen molar-refractivity contribution in [2.24, 2.45) is 0 Å². The van der Waals surface area contributed by atoms with E-state index in [0.717, 1.165) is 16.7 Å². The Bertz CT molecular complexity index is 6770. The van der Waals surface area contributed by atoms with E-state index in [2.05, 4.69) is 52.9 Å². The summed E-state index contributed by atoms with van der Waals surface area (Å²) in [6, 6.07) is 15.8. The number of pyridine rings is 9. The van der Waals surface area contributed by atoms with Crippen LogP contribution in [0.5, 0.6) is 0 Å². The van der Waals surface area contributed by atoms with Crippen molar-refractivity contribution >= 4 is 189 Å².